The Morgan fingerprint density at radius 2 is 1.83 bits per heavy atom. The minimum Gasteiger partial charge on any atom is -0.497 e. The summed E-state index contributed by atoms with van der Waals surface area (Å²) in [4.78, 5) is 28.9. The van der Waals surface area contributed by atoms with E-state index in [4.69, 9.17) is 14.2 Å². The van der Waals surface area contributed by atoms with Gasteiger partial charge in [0.05, 0.1) is 26.5 Å². The second-order valence-corrected chi connectivity index (χ2v) is 8.87. The monoisotopic (exact) mass is 492 g/mol. The molecule has 2 amide bonds. The van der Waals surface area contributed by atoms with Gasteiger partial charge in [-0.05, 0) is 49.7 Å². The van der Waals surface area contributed by atoms with Crippen molar-refractivity contribution in [3.63, 3.8) is 0 Å². The maximum Gasteiger partial charge on any atom is 0.273 e. The second kappa shape index (κ2) is 10.8. The summed E-state index contributed by atoms with van der Waals surface area (Å²) in [6.07, 6.45) is 0.608. The third-order valence-corrected chi connectivity index (χ3v) is 6.53. The molecule has 0 bridgehead atoms. The molecule has 2 aromatic carbocycles. The van der Waals surface area contributed by atoms with Crippen LogP contribution in [-0.2, 0) is 22.6 Å². The summed E-state index contributed by atoms with van der Waals surface area (Å²) in [6, 6.07) is 16.8. The van der Waals surface area contributed by atoms with Crippen LogP contribution in [0.2, 0.25) is 0 Å². The SMILES string of the molecule is COCCCN1C(=O)c2cc(-c3ccc(OC)cc3)nn2C[C@@]1(C)C(=O)NCc1ccccc1OC. The van der Waals surface area contributed by atoms with Crippen molar-refractivity contribution in [3.8, 4) is 22.8 Å². The first kappa shape index (κ1) is 25.2. The molecule has 9 nitrogen and oxygen atoms in total. The molecule has 36 heavy (non-hydrogen) atoms. The van der Waals surface area contributed by atoms with E-state index in [-0.39, 0.29) is 24.9 Å². The molecule has 190 valence electrons. The van der Waals surface area contributed by atoms with Crippen molar-refractivity contribution in [2.75, 3.05) is 34.5 Å². The summed E-state index contributed by atoms with van der Waals surface area (Å²) < 4.78 is 17.5. The molecule has 0 radical (unpaired) electrons. The van der Waals surface area contributed by atoms with Crippen LogP contribution in [0.25, 0.3) is 11.3 Å². The van der Waals surface area contributed by atoms with Crippen LogP contribution in [0.4, 0.5) is 0 Å². The molecule has 0 unspecified atom stereocenters. The van der Waals surface area contributed by atoms with E-state index in [1.54, 1.807) is 43.9 Å². The van der Waals surface area contributed by atoms with Gasteiger partial charge in [-0.15, -0.1) is 0 Å². The highest BCUT2D eigenvalue weighted by Gasteiger charge is 2.47. The topological polar surface area (TPSA) is 94.9 Å². The Labute approximate surface area is 210 Å². The van der Waals surface area contributed by atoms with Crippen LogP contribution in [0.1, 0.15) is 29.4 Å². The lowest BCUT2D eigenvalue weighted by Gasteiger charge is -2.43. The number of rotatable bonds is 10. The molecule has 0 aliphatic carbocycles. The Morgan fingerprint density at radius 1 is 1.08 bits per heavy atom. The lowest BCUT2D eigenvalue weighted by atomic mass is 9.94. The third kappa shape index (κ3) is 4.92. The van der Waals surface area contributed by atoms with Gasteiger partial charge in [0.1, 0.15) is 22.7 Å². The van der Waals surface area contributed by atoms with Gasteiger partial charge >= 0.3 is 0 Å². The van der Waals surface area contributed by atoms with E-state index in [0.717, 1.165) is 16.9 Å². The largest absolute Gasteiger partial charge is 0.497 e. The Hall–Kier alpha value is -3.85. The van der Waals surface area contributed by atoms with E-state index >= 15 is 0 Å². The summed E-state index contributed by atoms with van der Waals surface area (Å²) in [5, 5.41) is 7.69. The number of carbonyl (C=O) groups excluding carboxylic acids is 2. The number of carbonyl (C=O) groups is 2. The molecule has 0 spiro atoms. The van der Waals surface area contributed by atoms with Crippen molar-refractivity contribution in [1.29, 1.82) is 0 Å². The van der Waals surface area contributed by atoms with Gasteiger partial charge in [-0.3, -0.25) is 14.3 Å². The van der Waals surface area contributed by atoms with Gasteiger partial charge < -0.3 is 24.4 Å². The third-order valence-electron chi connectivity index (χ3n) is 6.53. The van der Waals surface area contributed by atoms with Crippen LogP contribution in [0.15, 0.2) is 54.6 Å². The highest BCUT2D eigenvalue weighted by Crippen LogP contribution is 2.31. The summed E-state index contributed by atoms with van der Waals surface area (Å²) >= 11 is 0. The predicted octanol–water partition coefficient (Wildman–Crippen LogP) is 3.13. The van der Waals surface area contributed by atoms with E-state index in [1.165, 1.54) is 0 Å². The fourth-order valence-corrected chi connectivity index (χ4v) is 4.48. The summed E-state index contributed by atoms with van der Waals surface area (Å²) in [6.45, 7) is 3.16. The van der Waals surface area contributed by atoms with Gasteiger partial charge in [-0.2, -0.15) is 5.10 Å². The average Bonchev–Trinajstić information content (AvgIpc) is 3.33. The lowest BCUT2D eigenvalue weighted by molar-refractivity contribution is -0.133. The van der Waals surface area contributed by atoms with Crippen molar-refractivity contribution >= 4 is 11.8 Å². The van der Waals surface area contributed by atoms with Crippen LogP contribution in [-0.4, -0.2) is 66.5 Å². The van der Waals surface area contributed by atoms with Crippen molar-refractivity contribution in [1.82, 2.24) is 20.0 Å². The zero-order valence-electron chi connectivity index (χ0n) is 21.1. The van der Waals surface area contributed by atoms with Crippen molar-refractivity contribution < 1.29 is 23.8 Å². The Balaban J connectivity index is 1.62. The van der Waals surface area contributed by atoms with Crippen LogP contribution >= 0.6 is 0 Å². The molecule has 1 aliphatic heterocycles. The molecule has 1 aliphatic rings. The van der Waals surface area contributed by atoms with Crippen LogP contribution in [0.5, 0.6) is 11.5 Å². The highest BCUT2D eigenvalue weighted by molar-refractivity contribution is 6.00. The van der Waals surface area contributed by atoms with Crippen LogP contribution in [0.3, 0.4) is 0 Å². The number of benzene rings is 2. The molecule has 9 heteroatoms. The van der Waals surface area contributed by atoms with E-state index in [1.807, 2.05) is 48.5 Å². The number of methoxy groups -OCH3 is 3. The highest BCUT2D eigenvalue weighted by atomic mass is 16.5. The molecule has 1 aromatic heterocycles. The second-order valence-electron chi connectivity index (χ2n) is 8.87. The van der Waals surface area contributed by atoms with Crippen LogP contribution in [0, 0.1) is 0 Å². The molecule has 4 rings (SSSR count). The number of fused-ring (bicyclic) bond motifs is 1. The zero-order valence-corrected chi connectivity index (χ0v) is 21.1. The summed E-state index contributed by atoms with van der Waals surface area (Å²) in [5.74, 6) is 0.936. The van der Waals surface area contributed by atoms with Gasteiger partial charge in [0.2, 0.25) is 5.91 Å². The number of nitrogens with zero attached hydrogens (tertiary/aromatic N) is 3. The van der Waals surface area contributed by atoms with Crippen molar-refractivity contribution in [3.05, 3.63) is 65.9 Å². The quantitative estimate of drug-likeness (QED) is 0.437. The Morgan fingerprint density at radius 3 is 2.53 bits per heavy atom. The normalized spacial score (nSPS) is 17.0. The molecule has 0 saturated heterocycles. The molecule has 2 heterocycles. The first-order chi connectivity index (χ1) is 17.4. The number of nitrogens with one attached hydrogen (secondary N) is 1. The minimum atomic E-state index is -1.14. The van der Waals surface area contributed by atoms with E-state index < -0.39 is 5.54 Å². The maximum absolute atomic E-state index is 13.7. The molecule has 0 fully saturated rings. The van der Waals surface area contributed by atoms with E-state index in [9.17, 15) is 9.59 Å². The van der Waals surface area contributed by atoms with Crippen LogP contribution < -0.4 is 14.8 Å². The fraction of sp³-hybridized carbons (Fsp3) is 0.370. The lowest BCUT2D eigenvalue weighted by Crippen LogP contribution is -2.64. The molecular formula is C27H32N4O5. The van der Waals surface area contributed by atoms with Crippen molar-refractivity contribution in [2.45, 2.75) is 32.0 Å². The molecule has 1 atom stereocenters. The minimum absolute atomic E-state index is 0.231. The predicted molar refractivity (Wildman–Crippen MR) is 135 cm³/mol. The smallest absolute Gasteiger partial charge is 0.273 e. The fourth-order valence-electron chi connectivity index (χ4n) is 4.48. The zero-order chi connectivity index (χ0) is 25.7. The van der Waals surface area contributed by atoms with Gasteiger partial charge in [0.25, 0.3) is 5.91 Å². The number of aromatic nitrogens is 2. The average molecular weight is 493 g/mol. The number of para-hydroxylation sites is 1. The Bertz CT molecular complexity index is 1220. The van der Waals surface area contributed by atoms with Gasteiger partial charge in [-0.1, -0.05) is 18.2 Å². The first-order valence-electron chi connectivity index (χ1n) is 11.8. The first-order valence-corrected chi connectivity index (χ1v) is 11.8. The Kier molecular flexibility index (Phi) is 7.59. The number of amides is 2. The van der Waals surface area contributed by atoms with Gasteiger partial charge in [-0.25, -0.2) is 0 Å². The maximum atomic E-state index is 13.7. The molecular weight excluding hydrogens is 460 g/mol. The van der Waals surface area contributed by atoms with Crippen molar-refractivity contribution in [2.24, 2.45) is 0 Å². The molecule has 1 N–H and O–H groups in total. The van der Waals surface area contributed by atoms with E-state index in [0.29, 0.717) is 36.7 Å². The van der Waals surface area contributed by atoms with Gasteiger partial charge in [0, 0.05) is 37.9 Å². The van der Waals surface area contributed by atoms with E-state index in [2.05, 4.69) is 10.4 Å². The van der Waals surface area contributed by atoms with Gasteiger partial charge in [0.15, 0.2) is 0 Å². The summed E-state index contributed by atoms with van der Waals surface area (Å²) in [5.41, 5.74) is 1.69. The molecule has 0 saturated carbocycles. The number of hydrogen-bond donors (Lipinski definition) is 1. The molecule has 3 aromatic rings. The standard InChI is InChI=1S/C27H32N4O5/c1-27(26(33)28-17-20-8-5-6-9-24(20)36-4)18-31-23(25(32)30(27)14-7-15-34-2)16-22(29-31)19-10-12-21(35-3)13-11-19/h5-6,8-13,16H,7,14-15,17-18H2,1-4H3,(H,28,33)/t27-/m0/s1. The number of hydrogen-bond acceptors (Lipinski definition) is 6. The number of ether oxygens (including phenoxy) is 3. The summed E-state index contributed by atoms with van der Waals surface area (Å²) in [7, 11) is 4.83.